The summed E-state index contributed by atoms with van der Waals surface area (Å²) in [6.07, 6.45) is 1.06. The monoisotopic (exact) mass is 319 g/mol. The van der Waals surface area contributed by atoms with Crippen LogP contribution < -0.4 is 5.32 Å². The Bertz CT molecular complexity index is 667. The summed E-state index contributed by atoms with van der Waals surface area (Å²) in [6, 6.07) is 7.44. The average Bonchev–Trinajstić information content (AvgIpc) is 2.98. The summed E-state index contributed by atoms with van der Waals surface area (Å²) in [5.41, 5.74) is 1.50. The number of benzene rings is 1. The van der Waals surface area contributed by atoms with Crippen LogP contribution in [-0.2, 0) is 20.7 Å². The molecule has 0 unspecified atom stereocenters. The molecule has 1 aromatic carbocycles. The predicted molar refractivity (Wildman–Crippen MR) is 82.6 cm³/mol. The van der Waals surface area contributed by atoms with Gasteiger partial charge in [-0.15, -0.1) is 0 Å². The normalized spacial score (nSPS) is 19.5. The fourth-order valence-corrected chi connectivity index (χ4v) is 2.57. The molecule has 0 bridgehead atoms. The lowest BCUT2D eigenvalue weighted by Crippen LogP contribution is -2.53. The SMILES string of the molecule is O=C(N[C@@H](Cc1coc2ccccc12)B(O)O)[C@@H]1COCCO1. The molecule has 7 nitrogen and oxygen atoms in total. The topological polar surface area (TPSA) is 101 Å². The van der Waals surface area contributed by atoms with Gasteiger partial charge in [-0.05, 0) is 18.1 Å². The van der Waals surface area contributed by atoms with Crippen LogP contribution in [0.4, 0.5) is 0 Å². The Labute approximate surface area is 133 Å². The Balaban J connectivity index is 1.70. The van der Waals surface area contributed by atoms with Crippen molar-refractivity contribution >= 4 is 24.0 Å². The summed E-state index contributed by atoms with van der Waals surface area (Å²) in [7, 11) is -1.70. The van der Waals surface area contributed by atoms with Crippen LogP contribution in [0.5, 0.6) is 0 Å². The number of furan rings is 1. The Hall–Kier alpha value is -1.87. The average molecular weight is 319 g/mol. The van der Waals surface area contributed by atoms with Crippen molar-refractivity contribution in [2.45, 2.75) is 18.5 Å². The lowest BCUT2D eigenvalue weighted by molar-refractivity contribution is -0.147. The van der Waals surface area contributed by atoms with Crippen molar-refractivity contribution in [3.8, 4) is 0 Å². The molecule has 3 N–H and O–H groups in total. The van der Waals surface area contributed by atoms with E-state index in [4.69, 9.17) is 13.9 Å². The van der Waals surface area contributed by atoms with E-state index in [1.807, 2.05) is 24.3 Å². The first-order valence-corrected chi connectivity index (χ1v) is 7.46. The highest BCUT2D eigenvalue weighted by Gasteiger charge is 2.31. The predicted octanol–water partition coefficient (Wildman–Crippen LogP) is -0.113. The van der Waals surface area contributed by atoms with Crippen LogP contribution in [0.2, 0.25) is 0 Å². The standard InChI is InChI=1S/C15H18BNO6/c18-15(13-9-21-5-6-22-13)17-14(16(19)20)7-10-8-23-12-4-2-1-3-11(10)12/h1-4,8,13-14,19-20H,5-7,9H2,(H,17,18)/t13-,14-/m0/s1. The zero-order valence-corrected chi connectivity index (χ0v) is 12.5. The van der Waals surface area contributed by atoms with E-state index in [1.165, 1.54) is 0 Å². The van der Waals surface area contributed by atoms with Crippen molar-refractivity contribution in [3.05, 3.63) is 36.1 Å². The molecule has 1 aliphatic heterocycles. The van der Waals surface area contributed by atoms with Crippen LogP contribution >= 0.6 is 0 Å². The maximum atomic E-state index is 12.1. The van der Waals surface area contributed by atoms with Crippen LogP contribution in [0.15, 0.2) is 34.9 Å². The van der Waals surface area contributed by atoms with E-state index in [9.17, 15) is 14.8 Å². The quantitative estimate of drug-likeness (QED) is 0.665. The number of rotatable bonds is 5. The molecular formula is C15H18BNO6. The first-order chi connectivity index (χ1) is 11.1. The molecule has 2 heterocycles. The van der Waals surface area contributed by atoms with Crippen LogP contribution in [0.3, 0.4) is 0 Å². The highest BCUT2D eigenvalue weighted by Crippen LogP contribution is 2.22. The number of nitrogens with one attached hydrogen (secondary N) is 1. The van der Waals surface area contributed by atoms with Gasteiger partial charge in [-0.2, -0.15) is 0 Å². The van der Waals surface area contributed by atoms with Gasteiger partial charge in [0, 0.05) is 5.39 Å². The molecule has 1 aromatic heterocycles. The zero-order chi connectivity index (χ0) is 16.2. The number of fused-ring (bicyclic) bond motifs is 1. The van der Waals surface area contributed by atoms with Crippen LogP contribution in [-0.4, -0.2) is 54.9 Å². The Morgan fingerprint density at radius 2 is 2.17 bits per heavy atom. The minimum atomic E-state index is -1.70. The van der Waals surface area contributed by atoms with Crippen molar-refractivity contribution < 1.29 is 28.7 Å². The number of carbonyl (C=O) groups excluding carboxylic acids is 1. The summed E-state index contributed by atoms with van der Waals surface area (Å²) in [6.45, 7) is 0.961. The summed E-state index contributed by atoms with van der Waals surface area (Å²) >= 11 is 0. The summed E-state index contributed by atoms with van der Waals surface area (Å²) in [4.78, 5) is 12.1. The Kier molecular flexibility index (Phi) is 4.97. The Morgan fingerprint density at radius 1 is 1.35 bits per heavy atom. The van der Waals surface area contributed by atoms with Gasteiger partial charge in [-0.25, -0.2) is 0 Å². The third kappa shape index (κ3) is 3.73. The van der Waals surface area contributed by atoms with Crippen molar-refractivity contribution in [2.24, 2.45) is 0 Å². The first-order valence-electron chi connectivity index (χ1n) is 7.46. The van der Waals surface area contributed by atoms with Crippen LogP contribution in [0.1, 0.15) is 5.56 Å². The van der Waals surface area contributed by atoms with Crippen molar-refractivity contribution in [1.29, 1.82) is 0 Å². The third-order valence-electron chi connectivity index (χ3n) is 3.80. The van der Waals surface area contributed by atoms with Crippen molar-refractivity contribution in [1.82, 2.24) is 5.32 Å². The highest BCUT2D eigenvalue weighted by molar-refractivity contribution is 6.43. The molecule has 2 atom stereocenters. The fourth-order valence-electron chi connectivity index (χ4n) is 2.57. The molecule has 8 heteroatoms. The lowest BCUT2D eigenvalue weighted by atomic mass is 9.75. The molecule has 0 aliphatic carbocycles. The molecule has 0 saturated carbocycles. The van der Waals surface area contributed by atoms with Gasteiger partial charge >= 0.3 is 7.12 Å². The van der Waals surface area contributed by atoms with Crippen LogP contribution in [0.25, 0.3) is 11.0 Å². The molecule has 1 saturated heterocycles. The van der Waals surface area contributed by atoms with Gasteiger partial charge in [0.1, 0.15) is 5.58 Å². The number of amides is 1. The van der Waals surface area contributed by atoms with Gasteiger partial charge in [0.25, 0.3) is 5.91 Å². The second kappa shape index (κ2) is 7.14. The van der Waals surface area contributed by atoms with Gasteiger partial charge < -0.3 is 29.3 Å². The van der Waals surface area contributed by atoms with E-state index >= 15 is 0 Å². The maximum absolute atomic E-state index is 12.1. The lowest BCUT2D eigenvalue weighted by Gasteiger charge is -2.25. The van der Waals surface area contributed by atoms with E-state index in [0.717, 1.165) is 10.9 Å². The largest absolute Gasteiger partial charge is 0.475 e. The van der Waals surface area contributed by atoms with Crippen molar-refractivity contribution in [2.75, 3.05) is 19.8 Å². The molecule has 3 rings (SSSR count). The summed E-state index contributed by atoms with van der Waals surface area (Å²) in [5.74, 6) is -1.29. The summed E-state index contributed by atoms with van der Waals surface area (Å²) in [5, 5.41) is 22.6. The minimum Gasteiger partial charge on any atom is -0.464 e. The molecule has 1 amide bonds. The van der Waals surface area contributed by atoms with Crippen LogP contribution in [0, 0.1) is 0 Å². The van der Waals surface area contributed by atoms with Gasteiger partial charge in [-0.1, -0.05) is 18.2 Å². The third-order valence-corrected chi connectivity index (χ3v) is 3.80. The summed E-state index contributed by atoms with van der Waals surface area (Å²) < 4.78 is 15.9. The van der Waals surface area contributed by atoms with Gasteiger partial charge in [0.15, 0.2) is 6.10 Å². The molecule has 1 aliphatic rings. The smallest absolute Gasteiger partial charge is 0.464 e. The number of ether oxygens (including phenoxy) is 2. The molecule has 0 radical (unpaired) electrons. The molecule has 0 spiro atoms. The Morgan fingerprint density at radius 3 is 2.91 bits per heavy atom. The molecule has 2 aromatic rings. The molecule has 1 fully saturated rings. The maximum Gasteiger partial charge on any atom is 0.475 e. The number of hydrogen-bond donors (Lipinski definition) is 3. The number of carbonyl (C=O) groups is 1. The second-order valence-electron chi connectivity index (χ2n) is 5.42. The van der Waals surface area contributed by atoms with Gasteiger partial charge in [0.2, 0.25) is 0 Å². The minimum absolute atomic E-state index is 0.161. The number of para-hydroxylation sites is 1. The van der Waals surface area contributed by atoms with Gasteiger partial charge in [-0.3, -0.25) is 4.79 Å². The number of hydrogen-bond acceptors (Lipinski definition) is 6. The second-order valence-corrected chi connectivity index (χ2v) is 5.42. The first kappa shape index (κ1) is 16.0. The molecule has 23 heavy (non-hydrogen) atoms. The highest BCUT2D eigenvalue weighted by atomic mass is 16.6. The fraction of sp³-hybridized carbons (Fsp3) is 0.400. The van der Waals surface area contributed by atoms with E-state index in [-0.39, 0.29) is 13.0 Å². The van der Waals surface area contributed by atoms with Crippen molar-refractivity contribution in [3.63, 3.8) is 0 Å². The van der Waals surface area contributed by atoms with E-state index in [1.54, 1.807) is 6.26 Å². The zero-order valence-electron chi connectivity index (χ0n) is 12.5. The van der Waals surface area contributed by atoms with E-state index in [0.29, 0.717) is 18.8 Å². The van der Waals surface area contributed by atoms with E-state index < -0.39 is 25.1 Å². The molecular weight excluding hydrogens is 301 g/mol. The van der Waals surface area contributed by atoms with Gasteiger partial charge in [0.05, 0.1) is 32.0 Å². The molecule has 122 valence electrons. The van der Waals surface area contributed by atoms with E-state index in [2.05, 4.69) is 5.32 Å².